The summed E-state index contributed by atoms with van der Waals surface area (Å²) in [5, 5.41) is 179. The average Bonchev–Trinajstić information content (AvgIpc) is 3.30. The van der Waals surface area contributed by atoms with Gasteiger partial charge in [-0.1, -0.05) is 12.8 Å². The van der Waals surface area contributed by atoms with Gasteiger partial charge in [0.15, 0.2) is 25.2 Å². The van der Waals surface area contributed by atoms with Crippen molar-refractivity contribution in [2.24, 2.45) is 0 Å². The van der Waals surface area contributed by atoms with Gasteiger partial charge >= 0.3 is 7.82 Å². The Hall–Kier alpha value is -0.540. The van der Waals surface area contributed by atoms with Crippen LogP contribution in [0.2, 0.25) is 0 Å². The van der Waals surface area contributed by atoms with Gasteiger partial charge in [-0.3, -0.25) is 9.05 Å². The molecule has 0 aromatic heterocycles. The lowest BCUT2D eigenvalue weighted by Gasteiger charge is -2.49. The van der Waals surface area contributed by atoms with Crippen LogP contribution in [-0.4, -0.2) is 290 Å². The summed E-state index contributed by atoms with van der Waals surface area (Å²) in [6.07, 6.45) is -49.9. The van der Waals surface area contributed by atoms with Gasteiger partial charge in [-0.05, 0) is 18.6 Å². The van der Waals surface area contributed by atoms with Crippen molar-refractivity contribution in [1.82, 2.24) is 0 Å². The maximum atomic E-state index is 13.4. The molecule has 5 aliphatic rings. The van der Waals surface area contributed by atoms with Gasteiger partial charge in [0, 0.05) is 0 Å². The van der Waals surface area contributed by atoms with Crippen LogP contribution >= 0.6 is 20.5 Å². The molecule has 5 rings (SSSR count). The summed E-state index contributed by atoms with van der Waals surface area (Å²) in [4.78, 5) is 10.8. The molecule has 0 aromatic rings. The SMILES string of the molecule is O=P(O)(OCCCCCCS)O[C@H]1C(O[C@H]2OC(CO[C@H]3OC(CO[C@H]4OC(CO)[C@@H](O)[C@H](O)C4O)[C@@H](O)[C@H](O)C3O)[C@@H](O)[C@H](O)C2O)C(O)[C@H](O)C(O)[C@@H]1O[C@H]1OC(CO)[C@@H](O)[C@H](O)C1O. The van der Waals surface area contributed by atoms with E-state index >= 15 is 0 Å². The van der Waals surface area contributed by atoms with Crippen LogP contribution in [0.4, 0.5) is 0 Å². The highest BCUT2D eigenvalue weighted by molar-refractivity contribution is 7.80. The van der Waals surface area contributed by atoms with Crippen molar-refractivity contribution >= 4 is 20.5 Å². The highest BCUT2D eigenvalue weighted by Crippen LogP contribution is 2.49. The minimum absolute atomic E-state index is 0.242. The first kappa shape index (κ1) is 57.4. The highest BCUT2D eigenvalue weighted by Gasteiger charge is 2.58. The van der Waals surface area contributed by atoms with E-state index in [2.05, 4.69) is 12.6 Å². The Bertz CT molecular complexity index is 1530. The van der Waals surface area contributed by atoms with Crippen LogP contribution in [0.5, 0.6) is 0 Å². The molecule has 31 heteroatoms. The lowest BCUT2D eigenvalue weighted by atomic mass is 9.84. The predicted molar refractivity (Wildman–Crippen MR) is 214 cm³/mol. The number of phosphoric acid groups is 1. The quantitative estimate of drug-likeness (QED) is 0.0288. The molecule has 5 fully saturated rings. The molecule has 394 valence electrons. The van der Waals surface area contributed by atoms with Crippen molar-refractivity contribution in [3.8, 4) is 0 Å². The van der Waals surface area contributed by atoms with E-state index < -0.39 is 194 Å². The van der Waals surface area contributed by atoms with Crippen molar-refractivity contribution in [2.45, 2.75) is 185 Å². The van der Waals surface area contributed by atoms with Crippen molar-refractivity contribution in [3.63, 3.8) is 0 Å². The molecular weight excluding hydrogens is 959 g/mol. The molecule has 12 unspecified atom stereocenters. The Kier molecular flexibility index (Phi) is 21.8. The molecule has 0 amide bonds. The Morgan fingerprint density at radius 3 is 1.18 bits per heavy atom. The second kappa shape index (κ2) is 25.4. The molecule has 29 nitrogen and oxygen atoms in total. The van der Waals surface area contributed by atoms with Gasteiger partial charge in [0.25, 0.3) is 0 Å². The van der Waals surface area contributed by atoms with E-state index in [4.69, 9.17) is 46.9 Å². The second-order valence-corrected chi connectivity index (χ2v) is 18.6. The molecule has 4 saturated heterocycles. The third-order valence-electron chi connectivity index (χ3n) is 12.0. The minimum atomic E-state index is -5.31. The maximum Gasteiger partial charge on any atom is 0.472 e. The normalized spacial score (nSPS) is 48.5. The molecule has 0 radical (unpaired) electrons. The van der Waals surface area contributed by atoms with Gasteiger partial charge in [-0.15, -0.1) is 0 Å². The zero-order valence-electron chi connectivity index (χ0n) is 35.5. The number of thiol groups is 1. The molecule has 27 atom stereocenters. The van der Waals surface area contributed by atoms with Gasteiger partial charge in [0.1, 0.15) is 134 Å². The monoisotopic (exact) mass is 1020 g/mol. The van der Waals surface area contributed by atoms with Gasteiger partial charge in [0.2, 0.25) is 0 Å². The first-order valence-corrected chi connectivity index (χ1v) is 23.6. The number of aliphatic hydroxyl groups excluding tert-OH is 17. The summed E-state index contributed by atoms with van der Waals surface area (Å²) in [5.41, 5.74) is 0. The van der Waals surface area contributed by atoms with Crippen LogP contribution in [0.25, 0.3) is 0 Å². The van der Waals surface area contributed by atoms with Crippen molar-refractivity contribution in [2.75, 3.05) is 38.8 Å². The predicted octanol–water partition coefficient (Wildman–Crippen LogP) is -9.91. The molecule has 18 N–H and O–H groups in total. The Morgan fingerprint density at radius 2 is 0.761 bits per heavy atom. The number of unbranched alkanes of at least 4 members (excludes halogenated alkanes) is 3. The van der Waals surface area contributed by atoms with Gasteiger partial charge in [-0.2, -0.15) is 12.6 Å². The maximum absolute atomic E-state index is 13.4. The first-order valence-electron chi connectivity index (χ1n) is 21.4. The molecule has 0 bridgehead atoms. The number of ether oxygens (including phenoxy) is 8. The van der Waals surface area contributed by atoms with E-state index in [0.717, 1.165) is 6.42 Å². The van der Waals surface area contributed by atoms with E-state index in [0.29, 0.717) is 18.6 Å². The molecule has 4 heterocycles. The second-order valence-electron chi connectivity index (χ2n) is 16.8. The molecule has 1 saturated carbocycles. The van der Waals surface area contributed by atoms with Crippen LogP contribution in [0, 0.1) is 0 Å². The zero-order valence-corrected chi connectivity index (χ0v) is 37.3. The summed E-state index contributed by atoms with van der Waals surface area (Å²) in [6.45, 7) is -3.76. The van der Waals surface area contributed by atoms with E-state index in [-0.39, 0.29) is 13.0 Å². The molecule has 0 aromatic carbocycles. The van der Waals surface area contributed by atoms with Crippen molar-refractivity contribution in [1.29, 1.82) is 0 Å². The van der Waals surface area contributed by atoms with E-state index in [1.165, 1.54) is 0 Å². The van der Waals surface area contributed by atoms with Crippen molar-refractivity contribution in [3.05, 3.63) is 0 Å². The largest absolute Gasteiger partial charge is 0.472 e. The Morgan fingerprint density at radius 1 is 0.418 bits per heavy atom. The summed E-state index contributed by atoms with van der Waals surface area (Å²) < 4.78 is 68.0. The summed E-state index contributed by atoms with van der Waals surface area (Å²) in [6, 6.07) is 0. The first-order chi connectivity index (χ1) is 31.6. The van der Waals surface area contributed by atoms with Crippen molar-refractivity contribution < 1.29 is 143 Å². The third kappa shape index (κ3) is 13.6. The van der Waals surface area contributed by atoms with Gasteiger partial charge in [0.05, 0.1) is 33.0 Å². The van der Waals surface area contributed by atoms with Gasteiger partial charge in [-0.25, -0.2) is 4.57 Å². The lowest BCUT2D eigenvalue weighted by molar-refractivity contribution is -0.365. The van der Waals surface area contributed by atoms with Gasteiger partial charge < -0.3 is 130 Å². The summed E-state index contributed by atoms with van der Waals surface area (Å²) >= 11 is 4.12. The highest BCUT2D eigenvalue weighted by atomic mass is 32.1. The molecule has 4 aliphatic heterocycles. The Labute approximate surface area is 387 Å². The number of phosphoric ester groups is 1. The topological polar surface area (TPSA) is 474 Å². The fourth-order valence-corrected chi connectivity index (χ4v) is 9.16. The third-order valence-corrected chi connectivity index (χ3v) is 13.4. The Balaban J connectivity index is 1.33. The van der Waals surface area contributed by atoms with E-state index in [1.807, 2.05) is 0 Å². The van der Waals surface area contributed by atoms with Crippen LogP contribution in [0.15, 0.2) is 0 Å². The molecule has 67 heavy (non-hydrogen) atoms. The number of hydrogen-bond acceptors (Lipinski definition) is 29. The fourth-order valence-electron chi connectivity index (χ4n) is 7.97. The number of hydrogen-bond donors (Lipinski definition) is 19. The fraction of sp³-hybridized carbons (Fsp3) is 1.00. The minimum Gasteiger partial charge on any atom is -0.394 e. The van der Waals surface area contributed by atoms with Crippen LogP contribution in [0.3, 0.4) is 0 Å². The summed E-state index contributed by atoms with van der Waals surface area (Å²) in [7, 11) is -5.31. The molecular formula is C36H65O29PS. The van der Waals surface area contributed by atoms with Crippen LogP contribution in [0.1, 0.15) is 25.7 Å². The summed E-state index contributed by atoms with van der Waals surface area (Å²) in [5.74, 6) is 0.587. The average molecular weight is 1020 g/mol. The zero-order chi connectivity index (χ0) is 49.7. The standard InChI is InChI=1S/C36H65O29PS/c37-7-11-15(39)19(43)26(50)33(59-11)56-9-13-17(41)21(45)27(51)34(61-13)57-10-14-18(42)22(46)29(53)36(62-14)64-31-25(49)23(47)24(48)30(63-35-28(52)20(44)16(40)12(8-38)60-35)32(31)65-66(54,55)58-5-3-1-2-4-6-67/h11-53,67H,1-10H2,(H,54,55)/t11?,12?,13?,14?,15-,16-,17-,18-,19+,20+,21+,22+,23-,24?,25?,26?,27?,28?,29?,30+,31?,32-,33+,34+,35-,36-/m1/s1. The van der Waals surface area contributed by atoms with E-state index in [1.54, 1.807) is 0 Å². The number of aliphatic hydroxyl groups is 17. The van der Waals surface area contributed by atoms with E-state index in [9.17, 15) is 96.3 Å². The molecule has 1 aliphatic carbocycles. The number of rotatable bonds is 21. The van der Waals surface area contributed by atoms with Crippen LogP contribution in [-0.2, 0) is 51.5 Å². The molecule has 0 spiro atoms. The smallest absolute Gasteiger partial charge is 0.394 e. The van der Waals surface area contributed by atoms with Crippen LogP contribution < -0.4 is 0 Å². The lowest BCUT2D eigenvalue weighted by Crippen LogP contribution is -2.69.